The molecule has 1 aliphatic heterocycles. The van der Waals surface area contributed by atoms with E-state index in [4.69, 9.17) is 9.31 Å². The first kappa shape index (κ1) is 18.2. The minimum Gasteiger partial charge on any atom is -0.399 e. The molecule has 0 unspecified atom stereocenters. The highest BCUT2D eigenvalue weighted by atomic mass is 32.1. The Morgan fingerprint density at radius 1 is 1.20 bits per heavy atom. The van der Waals surface area contributed by atoms with Crippen LogP contribution in [0.4, 0.5) is 0 Å². The Bertz CT molecular complexity index is 803. The topological polar surface area (TPSA) is 51.6 Å². The Balaban J connectivity index is 1.84. The first-order chi connectivity index (χ1) is 11.6. The van der Waals surface area contributed by atoms with Crippen molar-refractivity contribution in [2.24, 2.45) is 0 Å². The van der Waals surface area contributed by atoms with E-state index in [0.717, 1.165) is 11.0 Å². The van der Waals surface area contributed by atoms with E-state index >= 15 is 0 Å². The fraction of sp³-hybridized carbons (Fsp3) is 0.421. The van der Waals surface area contributed by atoms with Gasteiger partial charge in [0.05, 0.1) is 11.2 Å². The summed E-state index contributed by atoms with van der Waals surface area (Å²) in [5.74, 6) is 5.93. The van der Waals surface area contributed by atoms with Crippen LogP contribution in [0.15, 0.2) is 35.8 Å². The quantitative estimate of drug-likeness (QED) is 0.665. The SMILES string of the molecule is CC1(C)OB(c2cccc(C#C[C@@](C)(O)c3nccs3)c2)OC1(C)C. The fourth-order valence-electron chi connectivity index (χ4n) is 2.45. The first-order valence-corrected chi connectivity index (χ1v) is 9.10. The minimum absolute atomic E-state index is 0.381. The summed E-state index contributed by atoms with van der Waals surface area (Å²) in [6.45, 7) is 9.77. The second-order valence-electron chi connectivity index (χ2n) is 7.37. The molecule has 1 fully saturated rings. The van der Waals surface area contributed by atoms with Crippen molar-refractivity contribution in [1.29, 1.82) is 0 Å². The zero-order valence-corrected chi connectivity index (χ0v) is 16.0. The first-order valence-electron chi connectivity index (χ1n) is 8.22. The summed E-state index contributed by atoms with van der Waals surface area (Å²) < 4.78 is 12.2. The molecule has 1 atom stereocenters. The summed E-state index contributed by atoms with van der Waals surface area (Å²) in [7, 11) is -0.425. The van der Waals surface area contributed by atoms with E-state index in [1.54, 1.807) is 13.1 Å². The zero-order chi connectivity index (χ0) is 18.3. The van der Waals surface area contributed by atoms with E-state index in [-0.39, 0.29) is 11.2 Å². The fourth-order valence-corrected chi connectivity index (χ4v) is 3.11. The lowest BCUT2D eigenvalue weighted by molar-refractivity contribution is 0.00578. The normalized spacial score (nSPS) is 20.6. The summed E-state index contributed by atoms with van der Waals surface area (Å²) in [6.07, 6.45) is 1.66. The van der Waals surface area contributed by atoms with Gasteiger partial charge in [-0.25, -0.2) is 4.98 Å². The van der Waals surface area contributed by atoms with Gasteiger partial charge in [0.1, 0.15) is 5.01 Å². The molecule has 25 heavy (non-hydrogen) atoms. The maximum atomic E-state index is 10.5. The van der Waals surface area contributed by atoms with Crippen molar-refractivity contribution in [1.82, 2.24) is 4.98 Å². The van der Waals surface area contributed by atoms with Crippen molar-refractivity contribution in [2.75, 3.05) is 0 Å². The molecule has 2 aromatic rings. The second kappa shape index (κ2) is 6.26. The average molecular weight is 355 g/mol. The smallest absolute Gasteiger partial charge is 0.399 e. The van der Waals surface area contributed by atoms with E-state index in [0.29, 0.717) is 5.01 Å². The molecule has 0 spiro atoms. The number of nitrogens with zero attached hydrogens (tertiary/aromatic N) is 1. The third-order valence-corrected chi connectivity index (χ3v) is 5.69. The van der Waals surface area contributed by atoms with Gasteiger partial charge in [-0.15, -0.1) is 11.3 Å². The summed E-state index contributed by atoms with van der Waals surface area (Å²) in [4.78, 5) is 4.14. The van der Waals surface area contributed by atoms with Gasteiger partial charge in [-0.1, -0.05) is 24.0 Å². The van der Waals surface area contributed by atoms with Crippen LogP contribution in [0.2, 0.25) is 0 Å². The molecule has 1 aliphatic rings. The highest BCUT2D eigenvalue weighted by Crippen LogP contribution is 2.36. The van der Waals surface area contributed by atoms with Gasteiger partial charge in [0.2, 0.25) is 0 Å². The number of benzene rings is 1. The second-order valence-corrected chi connectivity index (χ2v) is 8.27. The number of thiazole rings is 1. The Morgan fingerprint density at radius 3 is 2.48 bits per heavy atom. The van der Waals surface area contributed by atoms with Crippen LogP contribution in [-0.2, 0) is 14.9 Å². The molecule has 6 heteroatoms. The molecule has 0 radical (unpaired) electrons. The van der Waals surface area contributed by atoms with Gasteiger partial charge in [0, 0.05) is 17.1 Å². The van der Waals surface area contributed by atoms with Crippen molar-refractivity contribution < 1.29 is 14.4 Å². The average Bonchev–Trinajstić information content (AvgIpc) is 3.13. The van der Waals surface area contributed by atoms with Crippen molar-refractivity contribution in [2.45, 2.75) is 51.4 Å². The lowest BCUT2D eigenvalue weighted by atomic mass is 9.78. The summed E-state index contributed by atoms with van der Waals surface area (Å²) in [5.41, 5.74) is -0.320. The summed E-state index contributed by atoms with van der Waals surface area (Å²) >= 11 is 1.38. The van der Waals surface area contributed by atoms with E-state index in [1.165, 1.54) is 11.3 Å². The van der Waals surface area contributed by atoms with Gasteiger partial charge in [-0.2, -0.15) is 0 Å². The van der Waals surface area contributed by atoms with Crippen LogP contribution in [0.25, 0.3) is 0 Å². The molecular formula is C19H22BNO3S. The molecule has 2 heterocycles. The minimum atomic E-state index is -1.27. The van der Waals surface area contributed by atoms with E-state index in [9.17, 15) is 5.11 Å². The van der Waals surface area contributed by atoms with Crippen molar-refractivity contribution in [3.8, 4) is 11.8 Å². The molecule has 1 aromatic carbocycles. The third-order valence-electron chi connectivity index (χ3n) is 4.71. The van der Waals surface area contributed by atoms with Crippen LogP contribution in [0, 0.1) is 11.8 Å². The Hall–Kier alpha value is -1.65. The maximum absolute atomic E-state index is 10.5. The van der Waals surface area contributed by atoms with Gasteiger partial charge in [-0.3, -0.25) is 0 Å². The third kappa shape index (κ3) is 3.65. The van der Waals surface area contributed by atoms with Crippen LogP contribution in [-0.4, -0.2) is 28.4 Å². The van der Waals surface area contributed by atoms with E-state index in [2.05, 4.69) is 16.8 Å². The molecule has 1 N–H and O–H groups in total. The molecule has 0 bridgehead atoms. The van der Waals surface area contributed by atoms with Crippen molar-refractivity contribution in [3.05, 3.63) is 46.4 Å². The van der Waals surface area contributed by atoms with Crippen LogP contribution < -0.4 is 5.46 Å². The number of aromatic nitrogens is 1. The van der Waals surface area contributed by atoms with Gasteiger partial charge >= 0.3 is 7.12 Å². The lowest BCUT2D eigenvalue weighted by Crippen LogP contribution is -2.41. The van der Waals surface area contributed by atoms with Crippen LogP contribution >= 0.6 is 11.3 Å². The Kier molecular flexibility index (Phi) is 4.55. The number of hydrogen-bond donors (Lipinski definition) is 1. The van der Waals surface area contributed by atoms with Gasteiger partial charge in [0.25, 0.3) is 0 Å². The molecule has 0 saturated carbocycles. The molecule has 0 amide bonds. The highest BCUT2D eigenvalue weighted by Gasteiger charge is 2.51. The molecule has 130 valence electrons. The van der Waals surface area contributed by atoms with Crippen LogP contribution in [0.3, 0.4) is 0 Å². The lowest BCUT2D eigenvalue weighted by Gasteiger charge is -2.32. The molecule has 3 rings (SSSR count). The molecular weight excluding hydrogens is 333 g/mol. The molecule has 1 saturated heterocycles. The predicted molar refractivity (Wildman–Crippen MR) is 101 cm³/mol. The summed E-state index contributed by atoms with van der Waals surface area (Å²) in [6, 6.07) is 7.72. The van der Waals surface area contributed by atoms with Gasteiger partial charge < -0.3 is 14.4 Å². The molecule has 0 aliphatic carbocycles. The van der Waals surface area contributed by atoms with E-state index < -0.39 is 12.7 Å². The predicted octanol–water partition coefficient (Wildman–Crippen LogP) is 2.70. The van der Waals surface area contributed by atoms with Crippen molar-refractivity contribution >= 4 is 23.9 Å². The van der Waals surface area contributed by atoms with Crippen LogP contribution in [0.1, 0.15) is 45.2 Å². The Labute approximate surface area is 153 Å². The van der Waals surface area contributed by atoms with Gasteiger partial charge in [-0.05, 0) is 52.2 Å². The molecule has 4 nitrogen and oxygen atoms in total. The van der Waals surface area contributed by atoms with Crippen molar-refractivity contribution in [3.63, 3.8) is 0 Å². The van der Waals surface area contributed by atoms with Gasteiger partial charge in [0.15, 0.2) is 5.60 Å². The number of aliphatic hydroxyl groups is 1. The highest BCUT2D eigenvalue weighted by molar-refractivity contribution is 7.09. The van der Waals surface area contributed by atoms with E-state index in [1.807, 2.05) is 57.3 Å². The zero-order valence-electron chi connectivity index (χ0n) is 15.2. The summed E-state index contributed by atoms with van der Waals surface area (Å²) in [5, 5.41) is 12.9. The number of rotatable bonds is 2. The Morgan fingerprint density at radius 2 is 1.88 bits per heavy atom. The number of hydrogen-bond acceptors (Lipinski definition) is 5. The maximum Gasteiger partial charge on any atom is 0.494 e. The van der Waals surface area contributed by atoms with Crippen LogP contribution in [0.5, 0.6) is 0 Å². The standard InChI is InChI=1S/C19H22BNO3S/c1-17(2)18(3,4)24-20(23-17)15-8-6-7-14(13-15)9-10-19(5,22)16-21-11-12-25-16/h6-8,11-13,22H,1-5H3/t19-/m1/s1. The largest absolute Gasteiger partial charge is 0.494 e. The molecule has 1 aromatic heterocycles. The monoisotopic (exact) mass is 355 g/mol.